The van der Waals surface area contributed by atoms with Gasteiger partial charge in [-0.2, -0.15) is 0 Å². The van der Waals surface area contributed by atoms with E-state index in [0.29, 0.717) is 30.3 Å². The van der Waals surface area contributed by atoms with Crippen molar-refractivity contribution in [1.29, 1.82) is 0 Å². The van der Waals surface area contributed by atoms with Crippen LogP contribution in [0.2, 0.25) is 0 Å². The van der Waals surface area contributed by atoms with Gasteiger partial charge in [0.1, 0.15) is 5.75 Å². The molecule has 6 heteroatoms. The van der Waals surface area contributed by atoms with Gasteiger partial charge in [0, 0.05) is 18.8 Å². The van der Waals surface area contributed by atoms with Crippen LogP contribution in [0.1, 0.15) is 18.4 Å². The molecule has 0 spiro atoms. The molecule has 3 aromatic rings. The fourth-order valence-corrected chi connectivity index (χ4v) is 3.81. The van der Waals surface area contributed by atoms with E-state index in [-0.39, 0.29) is 17.9 Å². The molecule has 0 aromatic heterocycles. The van der Waals surface area contributed by atoms with Crippen LogP contribution in [0.5, 0.6) is 11.5 Å². The Morgan fingerprint density at radius 1 is 0.938 bits per heavy atom. The van der Waals surface area contributed by atoms with Gasteiger partial charge in [0.05, 0.1) is 11.6 Å². The minimum Gasteiger partial charge on any atom is -0.455 e. The Morgan fingerprint density at radius 3 is 2.53 bits per heavy atom. The zero-order chi connectivity index (χ0) is 22.3. The third-order valence-corrected chi connectivity index (χ3v) is 5.46. The maximum Gasteiger partial charge on any atom is 0.321 e. The first-order valence-corrected chi connectivity index (χ1v) is 10.8. The zero-order valence-corrected chi connectivity index (χ0v) is 18.1. The number of carbonyl (C=O) groups excluding carboxylic acids is 2. The molecule has 0 bridgehead atoms. The SMILES string of the molecule is Cc1cccc(NC(=O)N2CCCC(C(=O)Nc3ccccc3Oc3ccccc3)C2)c1. The third-order valence-electron chi connectivity index (χ3n) is 5.46. The van der Waals surface area contributed by atoms with Gasteiger partial charge in [-0.1, -0.05) is 42.5 Å². The van der Waals surface area contributed by atoms with E-state index in [1.807, 2.05) is 85.8 Å². The first-order valence-electron chi connectivity index (χ1n) is 10.8. The average molecular weight is 430 g/mol. The number of rotatable bonds is 5. The van der Waals surface area contributed by atoms with Crippen LogP contribution in [-0.4, -0.2) is 29.9 Å². The molecule has 1 atom stereocenters. The number of aryl methyl sites for hydroxylation is 1. The third kappa shape index (κ3) is 5.46. The molecule has 164 valence electrons. The van der Waals surface area contributed by atoms with Crippen molar-refractivity contribution in [2.75, 3.05) is 23.7 Å². The lowest BCUT2D eigenvalue weighted by Gasteiger charge is -2.32. The van der Waals surface area contributed by atoms with Crippen molar-refractivity contribution in [2.24, 2.45) is 5.92 Å². The Kier molecular flexibility index (Phi) is 6.70. The summed E-state index contributed by atoms with van der Waals surface area (Å²) in [5, 5.41) is 5.93. The molecule has 0 aliphatic carbocycles. The predicted molar refractivity (Wildman–Crippen MR) is 126 cm³/mol. The second-order valence-corrected chi connectivity index (χ2v) is 7.99. The molecular formula is C26H27N3O3. The number of nitrogens with zero attached hydrogens (tertiary/aromatic N) is 1. The Morgan fingerprint density at radius 2 is 1.72 bits per heavy atom. The van der Waals surface area contributed by atoms with Crippen LogP contribution < -0.4 is 15.4 Å². The first kappa shape index (κ1) is 21.4. The van der Waals surface area contributed by atoms with Gasteiger partial charge in [-0.25, -0.2) is 4.79 Å². The predicted octanol–water partition coefficient (Wildman–Crippen LogP) is 5.67. The van der Waals surface area contributed by atoms with E-state index < -0.39 is 0 Å². The zero-order valence-electron chi connectivity index (χ0n) is 18.1. The minimum absolute atomic E-state index is 0.109. The number of piperidine rings is 1. The summed E-state index contributed by atoms with van der Waals surface area (Å²) in [6.45, 7) is 3.00. The fraction of sp³-hybridized carbons (Fsp3) is 0.231. The lowest BCUT2D eigenvalue weighted by Crippen LogP contribution is -2.45. The smallest absolute Gasteiger partial charge is 0.321 e. The summed E-state index contributed by atoms with van der Waals surface area (Å²) in [6.07, 6.45) is 1.52. The van der Waals surface area contributed by atoms with E-state index in [1.54, 1.807) is 4.90 Å². The van der Waals surface area contributed by atoms with Crippen LogP contribution in [-0.2, 0) is 4.79 Å². The molecule has 1 heterocycles. The van der Waals surface area contributed by atoms with Crippen LogP contribution in [0.25, 0.3) is 0 Å². The van der Waals surface area contributed by atoms with Crippen molar-refractivity contribution < 1.29 is 14.3 Å². The molecule has 2 N–H and O–H groups in total. The van der Waals surface area contributed by atoms with Gasteiger partial charge in [-0.05, 0) is 61.7 Å². The second kappa shape index (κ2) is 10.0. The standard InChI is InChI=1S/C26H27N3O3/c1-19-9-7-11-21(17-19)27-26(31)29-16-8-10-20(18-29)25(30)28-23-14-5-6-15-24(23)32-22-12-3-2-4-13-22/h2-7,9,11-15,17,20H,8,10,16,18H2,1H3,(H,27,31)(H,28,30). The number of benzene rings is 3. The molecule has 1 aliphatic rings. The maximum absolute atomic E-state index is 13.0. The summed E-state index contributed by atoms with van der Waals surface area (Å²) in [5.41, 5.74) is 2.45. The van der Waals surface area contributed by atoms with Crippen molar-refractivity contribution in [2.45, 2.75) is 19.8 Å². The summed E-state index contributed by atoms with van der Waals surface area (Å²) in [6, 6.07) is 24.3. The quantitative estimate of drug-likeness (QED) is 0.549. The number of amides is 3. The van der Waals surface area contributed by atoms with E-state index >= 15 is 0 Å². The molecule has 1 fully saturated rings. The topological polar surface area (TPSA) is 70.7 Å². The Bertz CT molecular complexity index is 1080. The summed E-state index contributed by atoms with van der Waals surface area (Å²) in [4.78, 5) is 27.5. The second-order valence-electron chi connectivity index (χ2n) is 7.99. The van der Waals surface area contributed by atoms with E-state index in [1.165, 1.54) is 0 Å². The van der Waals surface area contributed by atoms with Gasteiger partial charge < -0.3 is 20.3 Å². The number of ether oxygens (including phenoxy) is 1. The van der Waals surface area contributed by atoms with Crippen molar-refractivity contribution in [3.63, 3.8) is 0 Å². The summed E-state index contributed by atoms with van der Waals surface area (Å²) < 4.78 is 5.94. The van der Waals surface area contributed by atoms with E-state index in [9.17, 15) is 9.59 Å². The van der Waals surface area contributed by atoms with Gasteiger partial charge in [-0.3, -0.25) is 4.79 Å². The molecule has 1 saturated heterocycles. The van der Waals surface area contributed by atoms with Crippen LogP contribution in [0.3, 0.4) is 0 Å². The lowest BCUT2D eigenvalue weighted by atomic mass is 9.97. The molecule has 1 unspecified atom stereocenters. The van der Waals surface area contributed by atoms with Gasteiger partial charge >= 0.3 is 6.03 Å². The molecule has 4 rings (SSSR count). The molecule has 3 aromatic carbocycles. The summed E-state index contributed by atoms with van der Waals surface area (Å²) in [7, 11) is 0. The Balaban J connectivity index is 1.39. The van der Waals surface area contributed by atoms with Crippen LogP contribution in [0, 0.1) is 12.8 Å². The van der Waals surface area contributed by atoms with E-state index in [4.69, 9.17) is 4.74 Å². The lowest BCUT2D eigenvalue weighted by molar-refractivity contribution is -0.121. The molecular weight excluding hydrogens is 402 g/mol. The van der Waals surface area contributed by atoms with E-state index in [2.05, 4.69) is 10.6 Å². The van der Waals surface area contributed by atoms with Gasteiger partial charge in [0.2, 0.25) is 5.91 Å². The number of likely N-dealkylation sites (tertiary alicyclic amines) is 1. The van der Waals surface area contributed by atoms with Crippen molar-refractivity contribution >= 4 is 23.3 Å². The molecule has 3 amide bonds. The monoisotopic (exact) mass is 429 g/mol. The summed E-state index contributed by atoms with van der Waals surface area (Å²) >= 11 is 0. The number of anilines is 2. The fourth-order valence-electron chi connectivity index (χ4n) is 3.81. The first-order chi connectivity index (χ1) is 15.6. The number of hydrogen-bond acceptors (Lipinski definition) is 3. The highest BCUT2D eigenvalue weighted by Crippen LogP contribution is 2.30. The Labute approximate surface area is 188 Å². The highest BCUT2D eigenvalue weighted by Gasteiger charge is 2.29. The Hall–Kier alpha value is -3.80. The van der Waals surface area contributed by atoms with Crippen molar-refractivity contribution in [3.8, 4) is 11.5 Å². The minimum atomic E-state index is -0.281. The van der Waals surface area contributed by atoms with E-state index in [0.717, 1.165) is 24.1 Å². The van der Waals surface area contributed by atoms with Crippen LogP contribution in [0.15, 0.2) is 78.9 Å². The molecule has 0 radical (unpaired) electrons. The van der Waals surface area contributed by atoms with Crippen molar-refractivity contribution in [3.05, 3.63) is 84.4 Å². The molecule has 0 saturated carbocycles. The molecule has 32 heavy (non-hydrogen) atoms. The summed E-state index contributed by atoms with van der Waals surface area (Å²) in [5.74, 6) is 0.890. The normalized spacial score (nSPS) is 15.7. The number of para-hydroxylation sites is 3. The number of hydrogen-bond donors (Lipinski definition) is 2. The molecule has 1 aliphatic heterocycles. The highest BCUT2D eigenvalue weighted by molar-refractivity contribution is 5.95. The average Bonchev–Trinajstić information content (AvgIpc) is 2.81. The van der Waals surface area contributed by atoms with Gasteiger partial charge in [0.15, 0.2) is 5.75 Å². The largest absolute Gasteiger partial charge is 0.455 e. The maximum atomic E-state index is 13.0. The van der Waals surface area contributed by atoms with Crippen LogP contribution in [0.4, 0.5) is 16.2 Å². The van der Waals surface area contributed by atoms with Crippen molar-refractivity contribution in [1.82, 2.24) is 4.90 Å². The number of carbonyl (C=O) groups is 2. The highest BCUT2D eigenvalue weighted by atomic mass is 16.5. The molecule has 6 nitrogen and oxygen atoms in total. The van der Waals surface area contributed by atoms with Crippen LogP contribution >= 0.6 is 0 Å². The van der Waals surface area contributed by atoms with Gasteiger partial charge in [-0.15, -0.1) is 0 Å². The number of nitrogens with one attached hydrogen (secondary N) is 2. The van der Waals surface area contributed by atoms with Gasteiger partial charge in [0.25, 0.3) is 0 Å². The number of urea groups is 1.